The summed E-state index contributed by atoms with van der Waals surface area (Å²) in [5, 5.41) is 3.64. The van der Waals surface area contributed by atoms with E-state index in [1.54, 1.807) is 14.2 Å². The first-order valence-electron chi connectivity index (χ1n) is 7.27. The molecule has 1 rings (SSSR count). The number of methoxy groups -OCH3 is 2. The van der Waals surface area contributed by atoms with Gasteiger partial charge in [-0.2, -0.15) is 0 Å². The van der Waals surface area contributed by atoms with Gasteiger partial charge in [-0.05, 0) is 25.7 Å². The van der Waals surface area contributed by atoms with Crippen molar-refractivity contribution >= 4 is 0 Å². The molecule has 1 fully saturated rings. The van der Waals surface area contributed by atoms with E-state index >= 15 is 0 Å². The monoisotopic (exact) mass is 258 g/mol. The summed E-state index contributed by atoms with van der Waals surface area (Å²) in [6, 6.07) is 1.42. The lowest BCUT2D eigenvalue weighted by Gasteiger charge is -2.31. The summed E-state index contributed by atoms with van der Waals surface area (Å²) in [4.78, 5) is 2.54. The highest BCUT2D eigenvalue weighted by molar-refractivity contribution is 4.84. The number of hydrogen-bond acceptors (Lipinski definition) is 4. The molecule has 0 aromatic carbocycles. The van der Waals surface area contributed by atoms with Crippen LogP contribution in [-0.2, 0) is 9.47 Å². The van der Waals surface area contributed by atoms with Gasteiger partial charge in [0.25, 0.3) is 0 Å². The summed E-state index contributed by atoms with van der Waals surface area (Å²) in [5.74, 6) is 0. The van der Waals surface area contributed by atoms with E-state index in [1.807, 2.05) is 0 Å². The molecule has 108 valence electrons. The smallest absolute Gasteiger partial charge is 0.0589 e. The van der Waals surface area contributed by atoms with Crippen LogP contribution < -0.4 is 5.32 Å². The molecular formula is C14H30N2O2. The fourth-order valence-electron chi connectivity index (χ4n) is 2.22. The van der Waals surface area contributed by atoms with Gasteiger partial charge in [0, 0.05) is 52.5 Å². The van der Waals surface area contributed by atoms with Crippen molar-refractivity contribution in [2.75, 3.05) is 47.1 Å². The van der Waals surface area contributed by atoms with Crippen LogP contribution in [0, 0.1) is 0 Å². The second-order valence-corrected chi connectivity index (χ2v) is 5.12. The largest absolute Gasteiger partial charge is 0.385 e. The standard InChI is InChI=1S/C14H30N2O2/c1-4-14(12-15-13-6-7-13)16(9-11-18-3)8-5-10-17-2/h13-15H,4-12H2,1-3H3. The van der Waals surface area contributed by atoms with Crippen molar-refractivity contribution < 1.29 is 9.47 Å². The molecule has 4 nitrogen and oxygen atoms in total. The maximum absolute atomic E-state index is 5.22. The molecule has 0 aliphatic heterocycles. The molecule has 18 heavy (non-hydrogen) atoms. The third kappa shape index (κ3) is 6.69. The molecule has 1 saturated carbocycles. The maximum Gasteiger partial charge on any atom is 0.0589 e. The van der Waals surface area contributed by atoms with Crippen LogP contribution in [0.1, 0.15) is 32.6 Å². The summed E-state index contributed by atoms with van der Waals surface area (Å²) in [5.41, 5.74) is 0. The number of rotatable bonds is 12. The highest BCUT2D eigenvalue weighted by atomic mass is 16.5. The minimum Gasteiger partial charge on any atom is -0.385 e. The highest BCUT2D eigenvalue weighted by Gasteiger charge is 2.23. The topological polar surface area (TPSA) is 33.7 Å². The zero-order valence-electron chi connectivity index (χ0n) is 12.3. The lowest BCUT2D eigenvalue weighted by Crippen LogP contribution is -2.44. The van der Waals surface area contributed by atoms with Crippen molar-refractivity contribution in [2.24, 2.45) is 0 Å². The van der Waals surface area contributed by atoms with Gasteiger partial charge in [0.1, 0.15) is 0 Å². The second-order valence-electron chi connectivity index (χ2n) is 5.12. The Balaban J connectivity index is 2.30. The minimum absolute atomic E-state index is 0.623. The highest BCUT2D eigenvalue weighted by Crippen LogP contribution is 2.19. The Bertz CT molecular complexity index is 198. The fourth-order valence-corrected chi connectivity index (χ4v) is 2.22. The molecule has 0 bridgehead atoms. The van der Waals surface area contributed by atoms with Crippen LogP contribution in [0.15, 0.2) is 0 Å². The summed E-state index contributed by atoms with van der Waals surface area (Å²) < 4.78 is 10.4. The van der Waals surface area contributed by atoms with E-state index in [9.17, 15) is 0 Å². The molecule has 0 amide bonds. The van der Waals surface area contributed by atoms with Gasteiger partial charge in [0.2, 0.25) is 0 Å². The fraction of sp³-hybridized carbons (Fsp3) is 1.00. The lowest BCUT2D eigenvalue weighted by atomic mass is 10.1. The quantitative estimate of drug-likeness (QED) is 0.538. The Kier molecular flexibility index (Phi) is 8.59. The van der Waals surface area contributed by atoms with Gasteiger partial charge in [0.05, 0.1) is 6.61 Å². The predicted octanol–water partition coefficient (Wildman–Crippen LogP) is 1.50. The van der Waals surface area contributed by atoms with Crippen molar-refractivity contribution in [3.05, 3.63) is 0 Å². The van der Waals surface area contributed by atoms with Crippen LogP contribution in [0.25, 0.3) is 0 Å². The molecule has 1 unspecified atom stereocenters. The van der Waals surface area contributed by atoms with Gasteiger partial charge in [-0.15, -0.1) is 0 Å². The van der Waals surface area contributed by atoms with E-state index in [-0.39, 0.29) is 0 Å². The zero-order valence-corrected chi connectivity index (χ0v) is 12.3. The zero-order chi connectivity index (χ0) is 13.2. The van der Waals surface area contributed by atoms with E-state index < -0.39 is 0 Å². The SMILES string of the molecule is CCC(CNC1CC1)N(CCCOC)CCOC. The minimum atomic E-state index is 0.623. The van der Waals surface area contributed by atoms with Crippen molar-refractivity contribution in [2.45, 2.75) is 44.7 Å². The molecule has 1 aliphatic carbocycles. The molecule has 0 heterocycles. The number of ether oxygens (including phenoxy) is 2. The normalized spacial score (nSPS) is 17.3. The Morgan fingerprint density at radius 3 is 2.44 bits per heavy atom. The Hall–Kier alpha value is -0.160. The number of nitrogens with one attached hydrogen (secondary N) is 1. The average Bonchev–Trinajstić information content (AvgIpc) is 3.20. The molecule has 0 saturated heterocycles. The first-order valence-corrected chi connectivity index (χ1v) is 7.27. The average molecular weight is 258 g/mol. The van der Waals surface area contributed by atoms with Crippen molar-refractivity contribution in [1.29, 1.82) is 0 Å². The van der Waals surface area contributed by atoms with Crippen molar-refractivity contribution in [3.8, 4) is 0 Å². The van der Waals surface area contributed by atoms with Crippen LogP contribution in [-0.4, -0.2) is 64.1 Å². The Labute approximate surface area is 112 Å². The van der Waals surface area contributed by atoms with Crippen LogP contribution in [0.4, 0.5) is 0 Å². The second kappa shape index (κ2) is 9.73. The van der Waals surface area contributed by atoms with Crippen LogP contribution >= 0.6 is 0 Å². The van der Waals surface area contributed by atoms with Gasteiger partial charge in [-0.1, -0.05) is 6.92 Å². The number of nitrogens with zero attached hydrogens (tertiary/aromatic N) is 1. The summed E-state index contributed by atoms with van der Waals surface area (Å²) in [7, 11) is 3.54. The van der Waals surface area contributed by atoms with Gasteiger partial charge >= 0.3 is 0 Å². The number of hydrogen-bond donors (Lipinski definition) is 1. The predicted molar refractivity (Wildman–Crippen MR) is 75.0 cm³/mol. The van der Waals surface area contributed by atoms with E-state index in [4.69, 9.17) is 9.47 Å². The first kappa shape index (κ1) is 15.9. The molecule has 0 aromatic heterocycles. The maximum atomic E-state index is 5.22. The molecule has 0 radical (unpaired) electrons. The Morgan fingerprint density at radius 2 is 1.89 bits per heavy atom. The summed E-state index contributed by atoms with van der Waals surface area (Å²) in [6.45, 7) is 7.16. The van der Waals surface area contributed by atoms with Crippen molar-refractivity contribution in [1.82, 2.24) is 10.2 Å². The van der Waals surface area contributed by atoms with E-state index in [0.29, 0.717) is 6.04 Å². The van der Waals surface area contributed by atoms with E-state index in [2.05, 4.69) is 17.1 Å². The molecule has 4 heteroatoms. The van der Waals surface area contributed by atoms with Crippen LogP contribution in [0.5, 0.6) is 0 Å². The van der Waals surface area contributed by atoms with Crippen LogP contribution in [0.2, 0.25) is 0 Å². The van der Waals surface area contributed by atoms with Crippen LogP contribution in [0.3, 0.4) is 0 Å². The Morgan fingerprint density at radius 1 is 1.17 bits per heavy atom. The molecule has 1 aliphatic rings. The molecule has 0 spiro atoms. The lowest BCUT2D eigenvalue weighted by molar-refractivity contribution is 0.103. The van der Waals surface area contributed by atoms with E-state index in [1.165, 1.54) is 19.3 Å². The molecular weight excluding hydrogens is 228 g/mol. The van der Waals surface area contributed by atoms with Gasteiger partial charge in [0.15, 0.2) is 0 Å². The summed E-state index contributed by atoms with van der Waals surface area (Å²) in [6.07, 6.45) is 5.01. The van der Waals surface area contributed by atoms with Gasteiger partial charge in [-0.3, -0.25) is 4.90 Å². The summed E-state index contributed by atoms with van der Waals surface area (Å²) >= 11 is 0. The van der Waals surface area contributed by atoms with Gasteiger partial charge < -0.3 is 14.8 Å². The molecule has 1 atom stereocenters. The van der Waals surface area contributed by atoms with E-state index in [0.717, 1.165) is 45.3 Å². The molecule has 1 N–H and O–H groups in total. The van der Waals surface area contributed by atoms with Gasteiger partial charge in [-0.25, -0.2) is 0 Å². The van der Waals surface area contributed by atoms with Crippen molar-refractivity contribution in [3.63, 3.8) is 0 Å². The third-order valence-electron chi connectivity index (χ3n) is 3.58. The molecule has 0 aromatic rings. The third-order valence-corrected chi connectivity index (χ3v) is 3.58. The first-order chi connectivity index (χ1) is 8.81.